The lowest BCUT2D eigenvalue weighted by atomic mass is 10.3. The Kier molecular flexibility index (Phi) is 7.08. The van der Waals surface area contributed by atoms with Gasteiger partial charge < -0.3 is 14.8 Å². The van der Waals surface area contributed by atoms with Crippen molar-refractivity contribution < 1.29 is 19.1 Å². The van der Waals surface area contributed by atoms with Gasteiger partial charge in [-0.05, 0) is 30.3 Å². The number of hydrogen-bond acceptors (Lipinski definition) is 4. The summed E-state index contributed by atoms with van der Waals surface area (Å²) in [5, 5.41) is 2.99. The molecular formula is C17H15BrClNO4. The van der Waals surface area contributed by atoms with Crippen LogP contribution in [-0.4, -0.2) is 25.1 Å². The van der Waals surface area contributed by atoms with E-state index in [2.05, 4.69) is 21.2 Å². The van der Waals surface area contributed by atoms with Crippen LogP contribution < -0.4 is 10.1 Å². The highest BCUT2D eigenvalue weighted by Crippen LogP contribution is 2.20. The second-order valence-corrected chi connectivity index (χ2v) is 6.07. The van der Waals surface area contributed by atoms with Gasteiger partial charge in [0.05, 0.1) is 23.7 Å². The number of para-hydroxylation sites is 1. The summed E-state index contributed by atoms with van der Waals surface area (Å²) in [6.07, 6.45) is 0.0475. The first-order chi connectivity index (χ1) is 11.5. The van der Waals surface area contributed by atoms with Crippen LogP contribution >= 0.6 is 27.5 Å². The lowest BCUT2D eigenvalue weighted by Gasteiger charge is -2.08. The maximum absolute atomic E-state index is 11.7. The highest BCUT2D eigenvalue weighted by atomic mass is 79.9. The minimum Gasteiger partial charge on any atom is -0.493 e. The van der Waals surface area contributed by atoms with E-state index in [1.54, 1.807) is 36.4 Å². The van der Waals surface area contributed by atoms with Crippen LogP contribution in [0.4, 0.5) is 5.69 Å². The van der Waals surface area contributed by atoms with E-state index in [9.17, 15) is 9.59 Å². The van der Waals surface area contributed by atoms with Crippen molar-refractivity contribution >= 4 is 45.1 Å². The first kappa shape index (κ1) is 18.3. The van der Waals surface area contributed by atoms with E-state index in [0.29, 0.717) is 16.5 Å². The molecule has 126 valence electrons. The number of rotatable bonds is 7. The smallest absolute Gasteiger partial charge is 0.309 e. The second kappa shape index (κ2) is 9.30. The standard InChI is InChI=1S/C17H15BrClNO4/c18-12-4-3-5-13(10-12)23-9-8-17(22)24-11-16(21)20-15-7-2-1-6-14(15)19/h1-7,10H,8-9,11H2,(H,20,21). The predicted octanol–water partition coefficient (Wildman–Crippen LogP) is 4.05. The quantitative estimate of drug-likeness (QED) is 0.697. The summed E-state index contributed by atoms with van der Waals surface area (Å²) in [4.78, 5) is 23.3. The zero-order valence-corrected chi connectivity index (χ0v) is 15.0. The number of amides is 1. The molecule has 0 heterocycles. The first-order valence-electron chi connectivity index (χ1n) is 7.13. The van der Waals surface area contributed by atoms with Crippen molar-refractivity contribution in [2.75, 3.05) is 18.5 Å². The van der Waals surface area contributed by atoms with E-state index in [4.69, 9.17) is 21.1 Å². The number of ether oxygens (including phenoxy) is 2. The van der Waals surface area contributed by atoms with Gasteiger partial charge in [0.15, 0.2) is 6.61 Å². The van der Waals surface area contributed by atoms with E-state index in [1.165, 1.54) is 0 Å². The molecule has 7 heteroatoms. The highest BCUT2D eigenvalue weighted by Gasteiger charge is 2.09. The Balaban J connectivity index is 1.67. The maximum atomic E-state index is 11.7. The normalized spacial score (nSPS) is 10.1. The van der Waals surface area contributed by atoms with Crippen molar-refractivity contribution in [1.29, 1.82) is 0 Å². The van der Waals surface area contributed by atoms with Gasteiger partial charge in [-0.15, -0.1) is 0 Å². The van der Waals surface area contributed by atoms with Gasteiger partial charge in [0, 0.05) is 4.47 Å². The summed E-state index contributed by atoms with van der Waals surface area (Å²) in [5.74, 6) is -0.322. The molecule has 0 unspecified atom stereocenters. The van der Waals surface area contributed by atoms with Gasteiger partial charge in [-0.1, -0.05) is 45.7 Å². The average Bonchev–Trinajstić information content (AvgIpc) is 2.55. The first-order valence-corrected chi connectivity index (χ1v) is 8.30. The Morgan fingerprint density at radius 1 is 1.12 bits per heavy atom. The third kappa shape index (κ3) is 6.22. The maximum Gasteiger partial charge on any atom is 0.309 e. The molecule has 0 spiro atoms. The molecule has 24 heavy (non-hydrogen) atoms. The van der Waals surface area contributed by atoms with Crippen molar-refractivity contribution in [2.45, 2.75) is 6.42 Å². The summed E-state index contributed by atoms with van der Waals surface area (Å²) < 4.78 is 11.2. The van der Waals surface area contributed by atoms with Crippen LogP contribution in [0.5, 0.6) is 5.75 Å². The molecule has 0 radical (unpaired) electrons. The Bertz CT molecular complexity index is 723. The van der Waals surface area contributed by atoms with Crippen LogP contribution in [0.1, 0.15) is 6.42 Å². The molecule has 2 aromatic carbocycles. The SMILES string of the molecule is O=C(COC(=O)CCOc1cccc(Br)c1)Nc1ccccc1Cl. The number of esters is 1. The molecule has 0 saturated carbocycles. The van der Waals surface area contributed by atoms with Gasteiger partial charge in [0.2, 0.25) is 0 Å². The molecule has 5 nitrogen and oxygen atoms in total. The minimum absolute atomic E-state index is 0.0475. The Morgan fingerprint density at radius 3 is 2.67 bits per heavy atom. The lowest BCUT2D eigenvalue weighted by molar-refractivity contribution is -0.147. The van der Waals surface area contributed by atoms with Crippen molar-refractivity contribution in [3.63, 3.8) is 0 Å². The molecule has 2 rings (SSSR count). The molecule has 0 saturated heterocycles. The van der Waals surface area contributed by atoms with Crippen molar-refractivity contribution in [2.24, 2.45) is 0 Å². The van der Waals surface area contributed by atoms with Crippen LogP contribution in [0, 0.1) is 0 Å². The fourth-order valence-corrected chi connectivity index (χ4v) is 2.34. The van der Waals surface area contributed by atoms with Crippen molar-refractivity contribution in [1.82, 2.24) is 0 Å². The van der Waals surface area contributed by atoms with Crippen molar-refractivity contribution in [3.05, 3.63) is 58.0 Å². The topological polar surface area (TPSA) is 64.6 Å². The Hall–Kier alpha value is -2.05. The Labute approximate surface area is 153 Å². The number of halogens is 2. The summed E-state index contributed by atoms with van der Waals surface area (Å²) >= 11 is 9.26. The molecule has 0 atom stereocenters. The molecule has 0 aliphatic rings. The molecule has 0 bridgehead atoms. The fraction of sp³-hybridized carbons (Fsp3) is 0.176. The van der Waals surface area contributed by atoms with E-state index in [0.717, 1.165) is 4.47 Å². The average molecular weight is 413 g/mol. The molecular weight excluding hydrogens is 398 g/mol. The van der Waals surface area contributed by atoms with Crippen molar-refractivity contribution in [3.8, 4) is 5.75 Å². The molecule has 0 aliphatic carbocycles. The zero-order valence-electron chi connectivity index (χ0n) is 12.6. The second-order valence-electron chi connectivity index (χ2n) is 4.74. The van der Waals surface area contributed by atoms with Gasteiger partial charge in [0.1, 0.15) is 5.75 Å². The Morgan fingerprint density at radius 2 is 1.92 bits per heavy atom. The summed E-state index contributed by atoms with van der Waals surface area (Å²) in [7, 11) is 0. The largest absolute Gasteiger partial charge is 0.493 e. The van der Waals surface area contributed by atoms with Crippen LogP contribution in [0.25, 0.3) is 0 Å². The number of hydrogen-bond donors (Lipinski definition) is 1. The van der Waals surface area contributed by atoms with Gasteiger partial charge in [0.25, 0.3) is 5.91 Å². The summed E-state index contributed by atoms with van der Waals surface area (Å²) in [6, 6.07) is 14.1. The van der Waals surface area contributed by atoms with Crippen LogP contribution in [-0.2, 0) is 14.3 Å². The number of carbonyl (C=O) groups excluding carboxylic acids is 2. The number of benzene rings is 2. The van der Waals surface area contributed by atoms with E-state index in [-0.39, 0.29) is 19.6 Å². The van der Waals surface area contributed by atoms with Gasteiger partial charge >= 0.3 is 5.97 Å². The molecule has 2 aromatic rings. The minimum atomic E-state index is -0.515. The molecule has 1 N–H and O–H groups in total. The van der Waals surface area contributed by atoms with Gasteiger partial charge in [-0.2, -0.15) is 0 Å². The number of anilines is 1. The fourth-order valence-electron chi connectivity index (χ4n) is 1.78. The molecule has 1 amide bonds. The highest BCUT2D eigenvalue weighted by molar-refractivity contribution is 9.10. The zero-order chi connectivity index (χ0) is 17.4. The number of carbonyl (C=O) groups is 2. The number of nitrogens with one attached hydrogen (secondary N) is 1. The summed E-state index contributed by atoms with van der Waals surface area (Å²) in [6.45, 7) is -0.206. The third-order valence-corrected chi connectivity index (χ3v) is 3.71. The lowest BCUT2D eigenvalue weighted by Crippen LogP contribution is -2.21. The molecule has 0 fully saturated rings. The molecule has 0 aliphatic heterocycles. The van der Waals surface area contributed by atoms with Crippen LogP contribution in [0.3, 0.4) is 0 Å². The van der Waals surface area contributed by atoms with E-state index >= 15 is 0 Å². The summed E-state index contributed by atoms with van der Waals surface area (Å²) in [5.41, 5.74) is 0.471. The van der Waals surface area contributed by atoms with Gasteiger partial charge in [-0.25, -0.2) is 0 Å². The van der Waals surface area contributed by atoms with Gasteiger partial charge in [-0.3, -0.25) is 9.59 Å². The predicted molar refractivity (Wildman–Crippen MR) is 95.3 cm³/mol. The molecule has 0 aromatic heterocycles. The van der Waals surface area contributed by atoms with Crippen LogP contribution in [0.2, 0.25) is 5.02 Å². The van der Waals surface area contributed by atoms with Crippen LogP contribution in [0.15, 0.2) is 53.0 Å². The van der Waals surface area contributed by atoms with E-state index < -0.39 is 11.9 Å². The van der Waals surface area contributed by atoms with E-state index in [1.807, 2.05) is 12.1 Å². The monoisotopic (exact) mass is 411 g/mol. The third-order valence-electron chi connectivity index (χ3n) is 2.88.